The monoisotopic (exact) mass is 258 g/mol. The van der Waals surface area contributed by atoms with Gasteiger partial charge < -0.3 is 16.6 Å². The van der Waals surface area contributed by atoms with E-state index in [1.165, 1.54) is 10.4 Å². The Balaban J connectivity index is 0.000000143. The van der Waals surface area contributed by atoms with Crippen LogP contribution in [0.4, 0.5) is 5.69 Å². The molecule has 0 heterocycles. The summed E-state index contributed by atoms with van der Waals surface area (Å²) in [6.07, 6.45) is 0. The third kappa shape index (κ3) is 4.91. The van der Waals surface area contributed by atoms with Crippen molar-refractivity contribution in [1.29, 1.82) is 0 Å². The number of rotatable bonds is 0. The summed E-state index contributed by atoms with van der Waals surface area (Å²) in [5.41, 5.74) is 10.4. The molecule has 98 valence electrons. The number of anilines is 1. The van der Waals surface area contributed by atoms with Gasteiger partial charge in [0, 0.05) is 5.69 Å². The third-order valence-electron chi connectivity index (χ3n) is 2.23. The van der Waals surface area contributed by atoms with Gasteiger partial charge >= 0.3 is 11.9 Å². The Hall–Kier alpha value is -2.82. The molecule has 0 saturated carbocycles. The highest BCUT2D eigenvalue weighted by Gasteiger charge is 2.00. The molecule has 3 rings (SSSR count). The number of hydrogen-bond donors (Lipinski definition) is 3. The Morgan fingerprint density at radius 3 is 1.32 bits per heavy atom. The largest absolute Gasteiger partial charge is 0.474 e. The molecule has 0 aromatic heterocycles. The summed E-state index contributed by atoms with van der Waals surface area (Å²) in [5, 5.41) is 10.4. The molecule has 5 heteroatoms. The lowest BCUT2D eigenvalue weighted by Crippen LogP contribution is -2.21. The van der Waals surface area contributed by atoms with E-state index in [1.54, 1.807) is 0 Å². The molecule has 2 aliphatic carbocycles. The standard InChI is InChI=1S/C6H7N.C6H4.C2H3NO3/c7-6-4-2-1-3-5-6;1-2-6-4-3-5(1)6;3-1(4)2(5)6/h1-5H,7H2;1-4H;(H2,3,4)(H,5,6). The van der Waals surface area contributed by atoms with Crippen LogP contribution in [-0.4, -0.2) is 17.0 Å². The smallest absolute Gasteiger partial charge is 0.394 e. The number of carboxylic acid groups (broad SMARTS) is 1. The number of carbonyl (C=O) groups is 2. The van der Waals surface area contributed by atoms with Gasteiger partial charge in [0.1, 0.15) is 0 Å². The van der Waals surface area contributed by atoms with E-state index in [0.717, 1.165) is 5.69 Å². The van der Waals surface area contributed by atoms with Gasteiger partial charge in [-0.1, -0.05) is 42.5 Å². The molecule has 0 radical (unpaired) electrons. The van der Waals surface area contributed by atoms with Gasteiger partial charge in [-0.3, -0.25) is 4.79 Å². The second-order valence-electron chi connectivity index (χ2n) is 3.66. The molecule has 1 aromatic carbocycles. The number of benzene rings is 2. The topological polar surface area (TPSA) is 106 Å². The Morgan fingerprint density at radius 1 is 0.842 bits per heavy atom. The van der Waals surface area contributed by atoms with Crippen molar-refractivity contribution in [2.24, 2.45) is 5.73 Å². The molecule has 0 unspecified atom stereocenters. The van der Waals surface area contributed by atoms with Crippen LogP contribution in [0.1, 0.15) is 0 Å². The molecule has 0 atom stereocenters. The van der Waals surface area contributed by atoms with Crippen molar-refractivity contribution in [3.63, 3.8) is 0 Å². The molecule has 1 aromatic rings. The molecular weight excluding hydrogens is 244 g/mol. The predicted molar refractivity (Wildman–Crippen MR) is 71.8 cm³/mol. The summed E-state index contributed by atoms with van der Waals surface area (Å²) in [4.78, 5) is 18.5. The lowest BCUT2D eigenvalue weighted by molar-refractivity contribution is -0.148. The number of carbonyl (C=O) groups excluding carboxylic acids is 1. The van der Waals surface area contributed by atoms with Crippen molar-refractivity contribution < 1.29 is 14.7 Å². The van der Waals surface area contributed by atoms with Crippen molar-refractivity contribution in [1.82, 2.24) is 0 Å². The van der Waals surface area contributed by atoms with Crippen LogP contribution in [-0.2, 0) is 9.59 Å². The zero-order valence-electron chi connectivity index (χ0n) is 10.1. The fourth-order valence-corrected chi connectivity index (χ4v) is 1.12. The lowest BCUT2D eigenvalue weighted by atomic mass is 10.1. The van der Waals surface area contributed by atoms with E-state index in [2.05, 4.69) is 30.0 Å². The van der Waals surface area contributed by atoms with E-state index < -0.39 is 11.9 Å². The Labute approximate surface area is 109 Å². The molecule has 0 saturated heterocycles. The summed E-state index contributed by atoms with van der Waals surface area (Å²) in [6.45, 7) is 0. The summed E-state index contributed by atoms with van der Waals surface area (Å²) in [5.74, 6) is -2.93. The minimum atomic E-state index is -1.60. The molecular formula is C14H14N2O3. The van der Waals surface area contributed by atoms with Gasteiger partial charge in [0.25, 0.3) is 0 Å². The first-order valence-electron chi connectivity index (χ1n) is 5.44. The van der Waals surface area contributed by atoms with E-state index >= 15 is 0 Å². The highest BCUT2D eigenvalue weighted by Crippen LogP contribution is 2.04. The molecule has 5 nitrogen and oxygen atoms in total. The first-order valence-corrected chi connectivity index (χ1v) is 5.44. The van der Waals surface area contributed by atoms with Gasteiger partial charge in [-0.25, -0.2) is 4.79 Å². The van der Waals surface area contributed by atoms with E-state index in [4.69, 9.17) is 10.8 Å². The third-order valence-corrected chi connectivity index (χ3v) is 2.23. The maximum absolute atomic E-state index is 9.32. The summed E-state index contributed by atoms with van der Waals surface area (Å²) in [6, 6.07) is 18.0. The molecule has 0 bridgehead atoms. The van der Waals surface area contributed by atoms with Crippen molar-refractivity contribution in [2.75, 3.05) is 5.73 Å². The van der Waals surface area contributed by atoms with E-state index in [-0.39, 0.29) is 0 Å². The van der Waals surface area contributed by atoms with Crippen molar-refractivity contribution in [2.45, 2.75) is 0 Å². The Kier molecular flexibility index (Phi) is 5.10. The number of carboxylic acids is 1. The zero-order chi connectivity index (χ0) is 14.3. The Bertz CT molecular complexity index is 592. The first-order chi connectivity index (χ1) is 9.00. The number of primary amides is 1. The minimum Gasteiger partial charge on any atom is -0.474 e. The number of nitrogen functional groups attached to an aromatic ring is 1. The number of para-hydroxylation sites is 1. The first kappa shape index (κ1) is 14.2. The van der Waals surface area contributed by atoms with Crippen LogP contribution >= 0.6 is 0 Å². The van der Waals surface area contributed by atoms with E-state index in [1.807, 2.05) is 30.3 Å². The maximum Gasteiger partial charge on any atom is 0.394 e. The average molecular weight is 258 g/mol. The molecule has 2 aliphatic rings. The number of nitrogens with two attached hydrogens (primary N) is 2. The highest BCUT2D eigenvalue weighted by molar-refractivity contribution is 6.30. The lowest BCUT2D eigenvalue weighted by Gasteiger charge is -1.95. The summed E-state index contributed by atoms with van der Waals surface area (Å²) in [7, 11) is 0. The Morgan fingerprint density at radius 2 is 1.21 bits per heavy atom. The highest BCUT2D eigenvalue weighted by atomic mass is 16.4. The average Bonchev–Trinajstić information content (AvgIpc) is 2.36. The van der Waals surface area contributed by atoms with Gasteiger partial charge in [-0.05, 0) is 22.6 Å². The molecule has 5 N–H and O–H groups in total. The van der Waals surface area contributed by atoms with Crippen molar-refractivity contribution in [3.05, 3.63) is 65.0 Å². The van der Waals surface area contributed by atoms with Gasteiger partial charge in [-0.15, -0.1) is 0 Å². The summed E-state index contributed by atoms with van der Waals surface area (Å²) >= 11 is 0. The van der Waals surface area contributed by atoms with Gasteiger partial charge in [0.05, 0.1) is 0 Å². The van der Waals surface area contributed by atoms with Crippen LogP contribution in [0.5, 0.6) is 0 Å². The molecule has 0 spiro atoms. The fourth-order valence-electron chi connectivity index (χ4n) is 1.12. The summed E-state index contributed by atoms with van der Waals surface area (Å²) < 4.78 is 0. The SMILES string of the molecule is NC(=O)C(=O)O.Nc1ccccc1.c1cc2ccc1=2. The van der Waals surface area contributed by atoms with Crippen LogP contribution in [0.25, 0.3) is 0 Å². The van der Waals surface area contributed by atoms with Crippen LogP contribution in [0, 0.1) is 10.4 Å². The molecule has 0 aliphatic heterocycles. The van der Waals surface area contributed by atoms with E-state index in [9.17, 15) is 9.59 Å². The number of aliphatic carboxylic acids is 1. The van der Waals surface area contributed by atoms with Crippen LogP contribution in [0.2, 0.25) is 0 Å². The predicted octanol–water partition coefficient (Wildman–Crippen LogP) is 1.11. The number of amides is 1. The van der Waals surface area contributed by atoms with Crippen LogP contribution < -0.4 is 11.5 Å². The minimum absolute atomic E-state index is 0.822. The van der Waals surface area contributed by atoms with Crippen LogP contribution in [0.3, 0.4) is 0 Å². The van der Waals surface area contributed by atoms with Gasteiger partial charge in [0.15, 0.2) is 0 Å². The quantitative estimate of drug-likeness (QED) is 0.414. The molecule has 1 amide bonds. The van der Waals surface area contributed by atoms with E-state index in [0.29, 0.717) is 0 Å². The second-order valence-corrected chi connectivity index (χ2v) is 3.66. The normalized spacial score (nSPS) is 9.05. The van der Waals surface area contributed by atoms with Gasteiger partial charge in [0.2, 0.25) is 0 Å². The molecule has 0 fully saturated rings. The maximum atomic E-state index is 9.32. The molecule has 19 heavy (non-hydrogen) atoms. The fraction of sp³-hybridized carbons (Fsp3) is 0. The van der Waals surface area contributed by atoms with Gasteiger partial charge in [-0.2, -0.15) is 0 Å². The van der Waals surface area contributed by atoms with Crippen molar-refractivity contribution >= 4 is 17.6 Å². The van der Waals surface area contributed by atoms with Crippen LogP contribution in [0.15, 0.2) is 54.6 Å². The zero-order valence-corrected chi connectivity index (χ0v) is 10.1. The second kappa shape index (κ2) is 6.80. The number of hydrogen-bond acceptors (Lipinski definition) is 3. The van der Waals surface area contributed by atoms with Crippen molar-refractivity contribution in [3.8, 4) is 0 Å².